The van der Waals surface area contributed by atoms with Gasteiger partial charge >= 0.3 is 0 Å². The van der Waals surface area contributed by atoms with Crippen LogP contribution < -0.4 is 4.74 Å². The first-order valence-electron chi connectivity index (χ1n) is 5.87. The summed E-state index contributed by atoms with van der Waals surface area (Å²) in [5.74, 6) is 0.377. The molecule has 104 valence electrons. The van der Waals surface area contributed by atoms with Crippen LogP contribution in [0.4, 0.5) is 0 Å². The Hall–Kier alpha value is -1.25. The lowest BCUT2D eigenvalue weighted by atomic mass is 9.99. The Balaban J connectivity index is 2.69. The molecule has 0 radical (unpaired) electrons. The molecular weight excluding hydrogens is 286 g/mol. The third kappa shape index (κ3) is 5.95. The molecule has 0 heterocycles. The minimum absolute atomic E-state index is 0.121. The van der Waals surface area contributed by atoms with Crippen molar-refractivity contribution in [3.05, 3.63) is 29.8 Å². The first-order valence-corrected chi connectivity index (χ1v) is 8.35. The van der Waals surface area contributed by atoms with E-state index in [9.17, 15) is 8.42 Å². The zero-order valence-corrected chi connectivity index (χ0v) is 12.4. The molecule has 0 aromatic heterocycles. The number of nitriles is 1. The second-order valence-electron chi connectivity index (χ2n) is 4.66. The third-order valence-corrected chi connectivity index (χ3v) is 3.99. The molecule has 6 heteroatoms. The van der Waals surface area contributed by atoms with Crippen LogP contribution in [0.25, 0.3) is 0 Å². The van der Waals surface area contributed by atoms with Gasteiger partial charge in [-0.1, -0.05) is 19.9 Å². The van der Waals surface area contributed by atoms with Crippen molar-refractivity contribution in [2.75, 3.05) is 12.4 Å². The second-order valence-corrected chi connectivity index (χ2v) is 7.48. The van der Waals surface area contributed by atoms with Gasteiger partial charge in [-0.05, 0) is 24.1 Å². The normalized spacial score (nSPS) is 13.0. The number of nitrogens with zero attached hydrogens (tertiary/aromatic N) is 1. The first kappa shape index (κ1) is 15.8. The average Bonchev–Trinajstić information content (AvgIpc) is 2.33. The van der Waals surface area contributed by atoms with Crippen molar-refractivity contribution < 1.29 is 13.2 Å². The number of rotatable bonds is 6. The molecule has 0 fully saturated rings. The highest BCUT2D eigenvalue weighted by Crippen LogP contribution is 2.19. The Bertz CT molecular complexity index is 563. The van der Waals surface area contributed by atoms with Crippen LogP contribution in [-0.2, 0) is 9.05 Å². The van der Waals surface area contributed by atoms with E-state index in [4.69, 9.17) is 20.7 Å². The van der Waals surface area contributed by atoms with Gasteiger partial charge in [-0.2, -0.15) is 5.26 Å². The number of benzene rings is 1. The van der Waals surface area contributed by atoms with E-state index in [2.05, 4.69) is 0 Å². The Morgan fingerprint density at radius 2 is 2.11 bits per heavy atom. The van der Waals surface area contributed by atoms with Crippen molar-refractivity contribution >= 4 is 19.7 Å². The SMILES string of the molecule is CC(C)C(COc1cccc(C#N)c1)CS(=O)(=O)Cl. The van der Waals surface area contributed by atoms with E-state index in [1.165, 1.54) is 0 Å². The van der Waals surface area contributed by atoms with Crippen LogP contribution in [0.5, 0.6) is 5.75 Å². The molecule has 1 atom stereocenters. The van der Waals surface area contributed by atoms with Gasteiger partial charge in [-0.15, -0.1) is 0 Å². The molecule has 1 unspecified atom stereocenters. The maximum absolute atomic E-state index is 11.1. The van der Waals surface area contributed by atoms with E-state index in [-0.39, 0.29) is 24.2 Å². The van der Waals surface area contributed by atoms with E-state index in [1.807, 2.05) is 19.9 Å². The Labute approximate surface area is 118 Å². The summed E-state index contributed by atoms with van der Waals surface area (Å²) in [4.78, 5) is 0. The quantitative estimate of drug-likeness (QED) is 0.758. The van der Waals surface area contributed by atoms with Gasteiger partial charge in [0.05, 0.1) is 24.0 Å². The van der Waals surface area contributed by atoms with Crippen LogP contribution in [0, 0.1) is 23.2 Å². The Kier molecular flexibility index (Phi) is 5.64. The van der Waals surface area contributed by atoms with E-state index < -0.39 is 9.05 Å². The van der Waals surface area contributed by atoms with E-state index in [1.54, 1.807) is 24.3 Å². The summed E-state index contributed by atoms with van der Waals surface area (Å²) >= 11 is 0. The van der Waals surface area contributed by atoms with Gasteiger partial charge in [0.25, 0.3) is 0 Å². The highest BCUT2D eigenvalue weighted by Gasteiger charge is 2.21. The standard InChI is InChI=1S/C13H16ClNO3S/c1-10(2)12(9-19(14,16)17)8-18-13-5-3-4-11(6-13)7-15/h3-6,10,12H,8-9H2,1-2H3. The molecule has 1 aromatic carbocycles. The molecule has 0 saturated heterocycles. The van der Waals surface area contributed by atoms with Crippen molar-refractivity contribution in [2.24, 2.45) is 11.8 Å². The fourth-order valence-electron chi connectivity index (χ4n) is 1.55. The van der Waals surface area contributed by atoms with Gasteiger partial charge in [0.1, 0.15) is 5.75 Å². The highest BCUT2D eigenvalue weighted by atomic mass is 35.7. The molecule has 0 aliphatic heterocycles. The van der Waals surface area contributed by atoms with Gasteiger partial charge in [0.15, 0.2) is 0 Å². The molecule has 0 aliphatic rings. The van der Waals surface area contributed by atoms with Crippen LogP contribution >= 0.6 is 10.7 Å². The van der Waals surface area contributed by atoms with Crippen LogP contribution in [0.2, 0.25) is 0 Å². The molecule has 0 amide bonds. The fraction of sp³-hybridized carbons (Fsp3) is 0.462. The van der Waals surface area contributed by atoms with Crippen LogP contribution in [0.3, 0.4) is 0 Å². The smallest absolute Gasteiger partial charge is 0.233 e. The van der Waals surface area contributed by atoms with Gasteiger partial charge in [-0.25, -0.2) is 8.42 Å². The molecule has 1 aromatic rings. The molecule has 0 spiro atoms. The van der Waals surface area contributed by atoms with E-state index in [0.717, 1.165) is 0 Å². The molecule has 19 heavy (non-hydrogen) atoms. The largest absolute Gasteiger partial charge is 0.493 e. The Morgan fingerprint density at radius 1 is 1.42 bits per heavy atom. The number of ether oxygens (including phenoxy) is 1. The summed E-state index contributed by atoms with van der Waals surface area (Å²) in [6.45, 7) is 4.09. The monoisotopic (exact) mass is 301 g/mol. The summed E-state index contributed by atoms with van der Waals surface area (Å²) < 4.78 is 27.8. The van der Waals surface area contributed by atoms with Crippen LogP contribution in [0.1, 0.15) is 19.4 Å². The molecular formula is C13H16ClNO3S. The topological polar surface area (TPSA) is 67.2 Å². The lowest BCUT2D eigenvalue weighted by Gasteiger charge is -2.19. The third-order valence-electron chi connectivity index (χ3n) is 2.78. The summed E-state index contributed by atoms with van der Waals surface area (Å²) in [6, 6.07) is 8.76. The number of hydrogen-bond donors (Lipinski definition) is 0. The van der Waals surface area contributed by atoms with Gasteiger partial charge < -0.3 is 4.74 Å². The molecule has 0 saturated carbocycles. The van der Waals surface area contributed by atoms with Gasteiger partial charge in [0.2, 0.25) is 9.05 Å². The molecule has 0 bridgehead atoms. The fourth-order valence-corrected chi connectivity index (χ4v) is 3.03. The first-order chi connectivity index (χ1) is 8.81. The van der Waals surface area contributed by atoms with Gasteiger partial charge in [0, 0.05) is 16.6 Å². The molecule has 1 rings (SSSR count). The van der Waals surface area contributed by atoms with Gasteiger partial charge in [-0.3, -0.25) is 0 Å². The zero-order valence-electron chi connectivity index (χ0n) is 10.8. The predicted molar refractivity (Wildman–Crippen MR) is 74.6 cm³/mol. The minimum Gasteiger partial charge on any atom is -0.493 e. The van der Waals surface area contributed by atoms with Crippen LogP contribution in [0.15, 0.2) is 24.3 Å². The van der Waals surface area contributed by atoms with E-state index >= 15 is 0 Å². The van der Waals surface area contributed by atoms with E-state index in [0.29, 0.717) is 11.3 Å². The molecule has 0 N–H and O–H groups in total. The molecule has 4 nitrogen and oxygen atoms in total. The van der Waals surface area contributed by atoms with Crippen LogP contribution in [-0.4, -0.2) is 20.8 Å². The lowest BCUT2D eigenvalue weighted by molar-refractivity contribution is 0.225. The Morgan fingerprint density at radius 3 is 2.63 bits per heavy atom. The minimum atomic E-state index is -3.55. The maximum Gasteiger partial charge on any atom is 0.233 e. The molecule has 0 aliphatic carbocycles. The summed E-state index contributed by atoms with van der Waals surface area (Å²) in [7, 11) is 1.73. The second kappa shape index (κ2) is 6.78. The van der Waals surface area contributed by atoms with Crippen molar-refractivity contribution in [3.8, 4) is 11.8 Å². The number of hydrogen-bond acceptors (Lipinski definition) is 4. The lowest BCUT2D eigenvalue weighted by Crippen LogP contribution is -2.24. The predicted octanol–water partition coefficient (Wildman–Crippen LogP) is 2.78. The summed E-state index contributed by atoms with van der Waals surface area (Å²) in [5.41, 5.74) is 0.503. The van der Waals surface area contributed by atoms with Crippen molar-refractivity contribution in [1.29, 1.82) is 5.26 Å². The highest BCUT2D eigenvalue weighted by molar-refractivity contribution is 8.13. The zero-order chi connectivity index (χ0) is 14.5. The average molecular weight is 302 g/mol. The maximum atomic E-state index is 11.1. The number of halogens is 1. The van der Waals surface area contributed by atoms with Crippen molar-refractivity contribution in [3.63, 3.8) is 0 Å². The summed E-state index contributed by atoms with van der Waals surface area (Å²) in [6.07, 6.45) is 0. The van der Waals surface area contributed by atoms with Crippen molar-refractivity contribution in [1.82, 2.24) is 0 Å². The van der Waals surface area contributed by atoms with Crippen molar-refractivity contribution in [2.45, 2.75) is 13.8 Å². The summed E-state index contributed by atoms with van der Waals surface area (Å²) in [5, 5.41) is 8.78.